The molecule has 1 heterocycles. The van der Waals surface area contributed by atoms with Gasteiger partial charge in [-0.1, -0.05) is 0 Å². The normalized spacial score (nSPS) is 49.7. The third-order valence-corrected chi connectivity index (χ3v) is 3.75. The van der Waals surface area contributed by atoms with E-state index in [1.54, 1.807) is 0 Å². The third kappa shape index (κ3) is 0.551. The summed E-state index contributed by atoms with van der Waals surface area (Å²) in [6.45, 7) is 0.746. The molecule has 4 unspecified atom stereocenters. The van der Waals surface area contributed by atoms with Crippen LogP contribution < -0.4 is 5.32 Å². The highest BCUT2D eigenvalue weighted by atomic mass is 16.2. The SMILES string of the molecule is O=C1C2CCC1C1C(=O)NCC21. The van der Waals surface area contributed by atoms with Crippen LogP contribution in [0.2, 0.25) is 0 Å². The molecule has 0 radical (unpaired) electrons. The highest BCUT2D eigenvalue weighted by Gasteiger charge is 2.58. The maximum atomic E-state index is 11.5. The minimum atomic E-state index is 0.0521. The van der Waals surface area contributed by atoms with Gasteiger partial charge in [-0.15, -0.1) is 0 Å². The lowest BCUT2D eigenvalue weighted by Crippen LogP contribution is -2.25. The van der Waals surface area contributed by atoms with E-state index in [0.717, 1.165) is 19.4 Å². The molecule has 1 N–H and O–H groups in total. The molecule has 3 nitrogen and oxygen atoms in total. The van der Waals surface area contributed by atoms with Gasteiger partial charge < -0.3 is 5.32 Å². The number of hydrogen-bond acceptors (Lipinski definition) is 2. The molecule has 0 aromatic rings. The fourth-order valence-electron chi connectivity index (χ4n) is 3.23. The average molecular weight is 165 g/mol. The Bertz CT molecular complexity index is 274. The average Bonchev–Trinajstić information content (AvgIpc) is 2.66. The number of nitrogens with one attached hydrogen (secondary N) is 1. The molecule has 1 saturated heterocycles. The summed E-state index contributed by atoms with van der Waals surface area (Å²) in [5.41, 5.74) is 0. The van der Waals surface area contributed by atoms with Gasteiger partial charge in [-0.3, -0.25) is 9.59 Å². The van der Waals surface area contributed by atoms with E-state index in [1.807, 2.05) is 0 Å². The molecule has 64 valence electrons. The van der Waals surface area contributed by atoms with Crippen molar-refractivity contribution < 1.29 is 9.59 Å². The molecule has 1 aliphatic heterocycles. The predicted molar refractivity (Wildman–Crippen MR) is 41.2 cm³/mol. The van der Waals surface area contributed by atoms with Crippen molar-refractivity contribution in [2.24, 2.45) is 23.7 Å². The zero-order valence-electron chi connectivity index (χ0n) is 6.75. The second-order valence-corrected chi connectivity index (χ2v) is 4.13. The van der Waals surface area contributed by atoms with Gasteiger partial charge in [0.15, 0.2) is 0 Å². The second kappa shape index (κ2) is 1.90. The molecule has 2 aliphatic carbocycles. The predicted octanol–water partition coefficient (Wildman–Crippen LogP) is -0.0425. The minimum Gasteiger partial charge on any atom is -0.356 e. The van der Waals surface area contributed by atoms with Crippen molar-refractivity contribution in [3.05, 3.63) is 0 Å². The lowest BCUT2D eigenvalue weighted by Gasteiger charge is -2.18. The van der Waals surface area contributed by atoms with Crippen molar-refractivity contribution in [2.75, 3.05) is 6.54 Å². The maximum absolute atomic E-state index is 11.5. The van der Waals surface area contributed by atoms with Crippen molar-refractivity contribution >= 4 is 11.7 Å². The Balaban J connectivity index is 2.03. The van der Waals surface area contributed by atoms with Gasteiger partial charge in [-0.2, -0.15) is 0 Å². The number of fused-ring (bicyclic) bond motifs is 5. The number of amides is 1. The van der Waals surface area contributed by atoms with Crippen LogP contribution in [0.1, 0.15) is 12.8 Å². The number of hydrogen-bond donors (Lipinski definition) is 1. The topological polar surface area (TPSA) is 46.2 Å². The molecule has 3 aliphatic rings. The number of rotatable bonds is 0. The fourth-order valence-corrected chi connectivity index (χ4v) is 3.23. The summed E-state index contributed by atoms with van der Waals surface area (Å²) in [5, 5.41) is 2.85. The minimum absolute atomic E-state index is 0.0521. The summed E-state index contributed by atoms with van der Waals surface area (Å²) < 4.78 is 0. The number of carbonyl (C=O) groups is 2. The summed E-state index contributed by atoms with van der Waals surface area (Å²) in [4.78, 5) is 22.9. The fraction of sp³-hybridized carbons (Fsp3) is 0.778. The largest absolute Gasteiger partial charge is 0.356 e. The highest BCUT2D eigenvalue weighted by Crippen LogP contribution is 2.51. The Hall–Kier alpha value is -0.860. The van der Waals surface area contributed by atoms with Crippen LogP contribution in [-0.2, 0) is 9.59 Å². The van der Waals surface area contributed by atoms with Gasteiger partial charge in [0.05, 0.1) is 5.92 Å². The van der Waals surface area contributed by atoms with Crippen molar-refractivity contribution in [1.82, 2.24) is 5.32 Å². The molecule has 0 spiro atoms. The molecule has 0 aromatic heterocycles. The van der Waals surface area contributed by atoms with Crippen LogP contribution in [0, 0.1) is 23.7 Å². The van der Waals surface area contributed by atoms with Crippen LogP contribution in [-0.4, -0.2) is 18.2 Å². The summed E-state index contributed by atoms with van der Waals surface area (Å²) in [7, 11) is 0. The number of carbonyl (C=O) groups excluding carboxylic acids is 2. The van der Waals surface area contributed by atoms with E-state index in [-0.39, 0.29) is 23.7 Å². The zero-order chi connectivity index (χ0) is 8.29. The summed E-state index contributed by atoms with van der Waals surface area (Å²) >= 11 is 0. The molecule has 4 atom stereocenters. The molecular formula is C9H11NO2. The first-order chi connectivity index (χ1) is 5.79. The zero-order valence-corrected chi connectivity index (χ0v) is 6.75. The van der Waals surface area contributed by atoms with Gasteiger partial charge in [-0.25, -0.2) is 0 Å². The van der Waals surface area contributed by atoms with Crippen LogP contribution >= 0.6 is 0 Å². The van der Waals surface area contributed by atoms with E-state index in [1.165, 1.54) is 0 Å². The molecule has 3 rings (SSSR count). The first kappa shape index (κ1) is 6.63. The lowest BCUT2D eigenvalue weighted by atomic mass is 9.81. The molecule has 1 amide bonds. The maximum Gasteiger partial charge on any atom is 0.224 e. The van der Waals surface area contributed by atoms with Gasteiger partial charge in [0.2, 0.25) is 5.91 Å². The summed E-state index contributed by atoms with van der Waals surface area (Å²) in [5.74, 6) is 1.21. The Morgan fingerprint density at radius 3 is 2.67 bits per heavy atom. The van der Waals surface area contributed by atoms with Crippen molar-refractivity contribution in [2.45, 2.75) is 12.8 Å². The second-order valence-electron chi connectivity index (χ2n) is 4.13. The highest BCUT2D eigenvalue weighted by molar-refractivity contribution is 5.97. The standard InChI is InChI=1S/C9H11NO2/c11-8-4-1-2-5(8)7-6(4)3-10-9(7)12/h4-7H,1-3H2,(H,10,12). The van der Waals surface area contributed by atoms with Crippen LogP contribution in [0.3, 0.4) is 0 Å². The van der Waals surface area contributed by atoms with Crippen LogP contribution in [0.5, 0.6) is 0 Å². The van der Waals surface area contributed by atoms with Crippen molar-refractivity contribution in [3.63, 3.8) is 0 Å². The van der Waals surface area contributed by atoms with Crippen molar-refractivity contribution in [3.8, 4) is 0 Å². The van der Waals surface area contributed by atoms with Gasteiger partial charge in [0.25, 0.3) is 0 Å². The molecule has 2 saturated carbocycles. The number of ketones is 1. The Morgan fingerprint density at radius 1 is 1.17 bits per heavy atom. The smallest absolute Gasteiger partial charge is 0.224 e. The molecule has 2 bridgehead atoms. The third-order valence-electron chi connectivity index (χ3n) is 3.75. The first-order valence-electron chi connectivity index (χ1n) is 4.60. The Morgan fingerprint density at radius 2 is 1.92 bits per heavy atom. The van der Waals surface area contributed by atoms with E-state index in [9.17, 15) is 9.59 Å². The summed E-state index contributed by atoms with van der Waals surface area (Å²) in [6, 6.07) is 0. The number of Topliss-reactive ketones (excluding diaryl/α,β-unsaturated/α-hetero) is 1. The van der Waals surface area contributed by atoms with E-state index >= 15 is 0 Å². The van der Waals surface area contributed by atoms with E-state index in [4.69, 9.17) is 0 Å². The van der Waals surface area contributed by atoms with Crippen LogP contribution in [0.4, 0.5) is 0 Å². The van der Waals surface area contributed by atoms with Crippen LogP contribution in [0.25, 0.3) is 0 Å². The van der Waals surface area contributed by atoms with Gasteiger partial charge >= 0.3 is 0 Å². The molecule has 3 fully saturated rings. The van der Waals surface area contributed by atoms with E-state index in [0.29, 0.717) is 11.7 Å². The van der Waals surface area contributed by atoms with Gasteiger partial charge in [-0.05, 0) is 18.8 Å². The molecule has 0 aromatic carbocycles. The van der Waals surface area contributed by atoms with Gasteiger partial charge in [0, 0.05) is 18.4 Å². The quantitative estimate of drug-likeness (QED) is 0.547. The molecule has 3 heteroatoms. The van der Waals surface area contributed by atoms with E-state index in [2.05, 4.69) is 5.32 Å². The monoisotopic (exact) mass is 165 g/mol. The molecule has 12 heavy (non-hydrogen) atoms. The summed E-state index contributed by atoms with van der Waals surface area (Å²) in [6.07, 6.45) is 1.98. The van der Waals surface area contributed by atoms with Crippen LogP contribution in [0.15, 0.2) is 0 Å². The lowest BCUT2D eigenvalue weighted by molar-refractivity contribution is -0.128. The Labute approximate surface area is 70.5 Å². The van der Waals surface area contributed by atoms with Gasteiger partial charge in [0.1, 0.15) is 5.78 Å². The van der Waals surface area contributed by atoms with Crippen molar-refractivity contribution in [1.29, 1.82) is 0 Å². The molecular weight excluding hydrogens is 154 g/mol. The Kier molecular flexibility index (Phi) is 1.05. The first-order valence-corrected chi connectivity index (χ1v) is 4.60. The van der Waals surface area contributed by atoms with E-state index < -0.39 is 0 Å².